The smallest absolute Gasteiger partial charge is 0.274 e. The molecule has 0 radical (unpaired) electrons. The summed E-state index contributed by atoms with van der Waals surface area (Å²) in [5.41, 5.74) is 3.12. The second kappa shape index (κ2) is 8.63. The van der Waals surface area contributed by atoms with Gasteiger partial charge in [-0.2, -0.15) is 0 Å². The van der Waals surface area contributed by atoms with E-state index in [9.17, 15) is 9.59 Å². The lowest BCUT2D eigenvalue weighted by atomic mass is 10.1. The Morgan fingerprint density at radius 2 is 1.68 bits per heavy atom. The van der Waals surface area contributed by atoms with Crippen molar-refractivity contribution in [3.63, 3.8) is 0 Å². The molecule has 0 saturated heterocycles. The molecule has 0 aliphatic rings. The van der Waals surface area contributed by atoms with Gasteiger partial charge in [-0.3, -0.25) is 9.59 Å². The van der Waals surface area contributed by atoms with Crippen molar-refractivity contribution in [2.24, 2.45) is 0 Å². The Hall–Kier alpha value is -3.25. The Bertz CT molecular complexity index is 1000. The van der Waals surface area contributed by atoms with Crippen LogP contribution in [0.3, 0.4) is 0 Å². The monoisotopic (exact) mass is 394 g/mol. The lowest BCUT2D eigenvalue weighted by molar-refractivity contribution is 0.101. The molecule has 0 atom stereocenters. The average molecular weight is 395 g/mol. The van der Waals surface area contributed by atoms with Gasteiger partial charge in [0, 0.05) is 28.5 Å². The van der Waals surface area contributed by atoms with Gasteiger partial charge in [0.1, 0.15) is 5.69 Å². The Morgan fingerprint density at radius 1 is 1.00 bits per heavy atom. The number of carbonyl (C=O) groups excluding carboxylic acids is 2. The lowest BCUT2D eigenvalue weighted by Gasteiger charge is -2.09. The molecule has 6 nitrogen and oxygen atoms in total. The van der Waals surface area contributed by atoms with Crippen LogP contribution >= 0.6 is 11.6 Å². The van der Waals surface area contributed by atoms with Gasteiger partial charge in [-0.25, -0.2) is 9.97 Å². The molecule has 0 aliphatic heterocycles. The number of halogens is 1. The van der Waals surface area contributed by atoms with Gasteiger partial charge in [-0.1, -0.05) is 23.7 Å². The summed E-state index contributed by atoms with van der Waals surface area (Å²) in [7, 11) is 0. The summed E-state index contributed by atoms with van der Waals surface area (Å²) >= 11 is 5.89. The highest BCUT2D eigenvalue weighted by Gasteiger charge is 2.11. The molecule has 0 saturated carbocycles. The summed E-state index contributed by atoms with van der Waals surface area (Å²) in [6, 6.07) is 15.8. The molecule has 3 aromatic rings. The molecular formula is C21H19ClN4O2. The predicted octanol–water partition coefficient (Wildman–Crippen LogP) is 4.51. The highest BCUT2D eigenvalue weighted by atomic mass is 35.5. The maximum absolute atomic E-state index is 12.5. The minimum absolute atomic E-state index is 0.0271. The van der Waals surface area contributed by atoms with Crippen molar-refractivity contribution in [2.45, 2.75) is 20.4 Å². The first-order valence-corrected chi connectivity index (χ1v) is 9.05. The highest BCUT2D eigenvalue weighted by Crippen LogP contribution is 2.14. The van der Waals surface area contributed by atoms with E-state index in [4.69, 9.17) is 11.6 Å². The number of hydrogen-bond acceptors (Lipinski definition) is 5. The number of carbonyl (C=O) groups is 2. The summed E-state index contributed by atoms with van der Waals surface area (Å²) in [5, 5.41) is 6.57. The number of ketones is 1. The number of rotatable bonds is 6. The molecule has 0 spiro atoms. The molecule has 0 aliphatic carbocycles. The van der Waals surface area contributed by atoms with Gasteiger partial charge in [-0.05, 0) is 61.9 Å². The molecule has 7 heteroatoms. The van der Waals surface area contributed by atoms with Gasteiger partial charge in [-0.15, -0.1) is 0 Å². The number of Topliss-reactive ketones (excluding diaryl/α,β-unsaturated/α-hetero) is 1. The second-order valence-corrected chi connectivity index (χ2v) is 6.72. The number of amides is 1. The van der Waals surface area contributed by atoms with Crippen LogP contribution in [0.4, 0.5) is 11.6 Å². The molecular weight excluding hydrogens is 376 g/mol. The fraction of sp³-hybridized carbons (Fsp3) is 0.143. The number of aryl methyl sites for hydroxylation is 1. The third-order valence-corrected chi connectivity index (χ3v) is 4.25. The Morgan fingerprint density at radius 3 is 2.32 bits per heavy atom. The van der Waals surface area contributed by atoms with Crippen molar-refractivity contribution in [1.29, 1.82) is 0 Å². The molecule has 0 bridgehead atoms. The number of nitrogens with one attached hydrogen (secondary N) is 2. The molecule has 142 valence electrons. The summed E-state index contributed by atoms with van der Waals surface area (Å²) in [6.45, 7) is 3.80. The van der Waals surface area contributed by atoms with Crippen LogP contribution in [0.5, 0.6) is 0 Å². The summed E-state index contributed by atoms with van der Waals surface area (Å²) in [4.78, 5) is 32.5. The zero-order valence-corrected chi connectivity index (χ0v) is 16.2. The molecule has 1 aromatic heterocycles. The van der Waals surface area contributed by atoms with Crippen LogP contribution in [-0.2, 0) is 6.54 Å². The molecule has 2 aromatic carbocycles. The first kappa shape index (κ1) is 19.5. The Balaban J connectivity index is 1.70. The third-order valence-electron chi connectivity index (χ3n) is 4.00. The molecule has 2 N–H and O–H groups in total. The fourth-order valence-electron chi connectivity index (χ4n) is 2.53. The number of hydrogen-bond donors (Lipinski definition) is 2. The first-order chi connectivity index (χ1) is 13.4. The molecule has 1 amide bonds. The maximum atomic E-state index is 12.5. The molecule has 0 unspecified atom stereocenters. The van der Waals surface area contributed by atoms with E-state index in [-0.39, 0.29) is 17.4 Å². The van der Waals surface area contributed by atoms with E-state index >= 15 is 0 Å². The normalized spacial score (nSPS) is 10.4. The zero-order chi connectivity index (χ0) is 20.1. The fourth-order valence-corrected chi connectivity index (χ4v) is 2.66. The van der Waals surface area contributed by atoms with Crippen molar-refractivity contribution in [2.75, 3.05) is 10.6 Å². The minimum atomic E-state index is -0.351. The van der Waals surface area contributed by atoms with Gasteiger partial charge in [0.25, 0.3) is 5.91 Å². The number of benzene rings is 2. The summed E-state index contributed by atoms with van der Waals surface area (Å²) < 4.78 is 0. The average Bonchev–Trinajstić information content (AvgIpc) is 2.67. The Labute approximate surface area is 168 Å². The van der Waals surface area contributed by atoms with Crippen molar-refractivity contribution in [3.8, 4) is 0 Å². The van der Waals surface area contributed by atoms with E-state index < -0.39 is 0 Å². The SMILES string of the molecule is CC(=O)c1ccc(NC(=O)c2cc(C)nc(NCc3ccc(Cl)cc3)n2)cc1. The van der Waals surface area contributed by atoms with Crippen molar-refractivity contribution < 1.29 is 9.59 Å². The standard InChI is InChI=1S/C21H19ClN4O2/c1-13-11-19(20(28)25-18-9-5-16(6-10-18)14(2)27)26-21(24-13)23-12-15-3-7-17(22)8-4-15/h3-11H,12H2,1-2H3,(H,25,28)(H,23,24,26). The second-order valence-electron chi connectivity index (χ2n) is 6.29. The van der Waals surface area contributed by atoms with E-state index in [1.807, 2.05) is 24.3 Å². The van der Waals surface area contributed by atoms with Crippen LogP contribution in [0.15, 0.2) is 54.6 Å². The largest absolute Gasteiger partial charge is 0.350 e. The highest BCUT2D eigenvalue weighted by molar-refractivity contribution is 6.30. The van der Waals surface area contributed by atoms with Gasteiger partial charge < -0.3 is 10.6 Å². The molecule has 28 heavy (non-hydrogen) atoms. The quantitative estimate of drug-likeness (QED) is 0.601. The van der Waals surface area contributed by atoms with Crippen molar-refractivity contribution in [1.82, 2.24) is 9.97 Å². The van der Waals surface area contributed by atoms with E-state index in [2.05, 4.69) is 20.6 Å². The van der Waals surface area contributed by atoms with Crippen LogP contribution in [0, 0.1) is 6.92 Å². The van der Waals surface area contributed by atoms with Crippen molar-refractivity contribution >= 4 is 34.9 Å². The van der Waals surface area contributed by atoms with Crippen LogP contribution in [0.1, 0.15) is 39.0 Å². The zero-order valence-electron chi connectivity index (χ0n) is 15.5. The molecule has 3 rings (SSSR count). The predicted molar refractivity (Wildman–Crippen MR) is 110 cm³/mol. The van der Waals surface area contributed by atoms with E-state index in [1.165, 1.54) is 6.92 Å². The molecule has 1 heterocycles. The summed E-state index contributed by atoms with van der Waals surface area (Å²) in [5.74, 6) is -0.0108. The van der Waals surface area contributed by atoms with Gasteiger partial charge in [0.15, 0.2) is 5.78 Å². The van der Waals surface area contributed by atoms with Crippen molar-refractivity contribution in [3.05, 3.63) is 82.1 Å². The Kier molecular flexibility index (Phi) is 6.01. The number of aromatic nitrogens is 2. The van der Waals surface area contributed by atoms with Gasteiger partial charge >= 0.3 is 0 Å². The van der Waals surface area contributed by atoms with Gasteiger partial charge in [0.05, 0.1) is 0 Å². The van der Waals surface area contributed by atoms with Crippen LogP contribution < -0.4 is 10.6 Å². The van der Waals surface area contributed by atoms with Crippen LogP contribution in [0.25, 0.3) is 0 Å². The number of nitrogens with zero attached hydrogens (tertiary/aromatic N) is 2. The minimum Gasteiger partial charge on any atom is -0.350 e. The first-order valence-electron chi connectivity index (χ1n) is 8.67. The maximum Gasteiger partial charge on any atom is 0.274 e. The summed E-state index contributed by atoms with van der Waals surface area (Å²) in [6.07, 6.45) is 0. The lowest BCUT2D eigenvalue weighted by Crippen LogP contribution is -2.16. The van der Waals surface area contributed by atoms with Crippen LogP contribution in [-0.4, -0.2) is 21.7 Å². The number of anilines is 2. The van der Waals surface area contributed by atoms with E-state index in [0.717, 1.165) is 5.56 Å². The van der Waals surface area contributed by atoms with Crippen LogP contribution in [0.2, 0.25) is 5.02 Å². The molecule has 0 fully saturated rings. The van der Waals surface area contributed by atoms with E-state index in [1.54, 1.807) is 37.3 Å². The third kappa shape index (κ3) is 5.14. The topological polar surface area (TPSA) is 84.0 Å². The van der Waals surface area contributed by atoms with E-state index in [0.29, 0.717) is 34.5 Å². The van der Waals surface area contributed by atoms with Gasteiger partial charge in [0.2, 0.25) is 5.95 Å².